The molecule has 2 N–H and O–H groups in total. The zero-order valence-corrected chi connectivity index (χ0v) is 21.4. The second kappa shape index (κ2) is 11.3. The molecule has 36 heavy (non-hydrogen) atoms. The zero-order valence-electron chi connectivity index (χ0n) is 21.4. The van der Waals surface area contributed by atoms with Crippen LogP contribution in [-0.2, 0) is 14.3 Å². The number of carbonyl (C=O) groups is 3. The van der Waals surface area contributed by atoms with Gasteiger partial charge in [-0.15, -0.1) is 0 Å². The number of amides is 1. The maximum Gasteiger partial charge on any atom is 0.354 e. The number of aromatic amines is 1. The highest BCUT2D eigenvalue weighted by atomic mass is 16.5. The molecule has 3 rings (SSSR count). The molecule has 2 aromatic rings. The predicted octanol–water partition coefficient (Wildman–Crippen LogP) is 3.36. The normalized spacial score (nSPS) is 17.1. The van der Waals surface area contributed by atoms with Crippen LogP contribution in [0.5, 0.6) is 5.75 Å². The number of Topliss-reactive ketones (excluding diaryl/α,β-unsaturated/α-hetero) is 1. The Morgan fingerprint density at radius 3 is 2.47 bits per heavy atom. The molecule has 1 aliphatic rings. The third kappa shape index (κ3) is 5.21. The van der Waals surface area contributed by atoms with Gasteiger partial charge in [-0.05, 0) is 64.2 Å². The van der Waals surface area contributed by atoms with E-state index in [4.69, 9.17) is 9.47 Å². The second-order valence-electron chi connectivity index (χ2n) is 8.93. The van der Waals surface area contributed by atoms with Crippen LogP contribution in [0.2, 0.25) is 0 Å². The number of ketones is 1. The van der Waals surface area contributed by atoms with E-state index in [1.165, 1.54) is 12.0 Å². The highest BCUT2D eigenvalue weighted by molar-refractivity contribution is 6.46. The van der Waals surface area contributed by atoms with Crippen LogP contribution in [0, 0.1) is 13.8 Å². The Kier molecular flexibility index (Phi) is 8.37. The molecule has 192 valence electrons. The molecule has 1 saturated heterocycles. The van der Waals surface area contributed by atoms with E-state index in [9.17, 15) is 19.5 Å². The lowest BCUT2D eigenvalue weighted by atomic mass is 9.94. The smallest absolute Gasteiger partial charge is 0.354 e. The summed E-state index contributed by atoms with van der Waals surface area (Å²) >= 11 is 0. The van der Waals surface area contributed by atoms with E-state index in [-0.39, 0.29) is 17.0 Å². The summed E-state index contributed by atoms with van der Waals surface area (Å²) in [6.07, 6.45) is 2.28. The molecule has 9 heteroatoms. The molecule has 0 saturated carbocycles. The number of aliphatic hydroxyl groups is 1. The van der Waals surface area contributed by atoms with E-state index < -0.39 is 23.7 Å². The maximum absolute atomic E-state index is 13.3. The Bertz CT molecular complexity index is 1190. The number of hydrogen-bond acceptors (Lipinski definition) is 7. The van der Waals surface area contributed by atoms with Gasteiger partial charge in [0.2, 0.25) is 0 Å². The molecule has 1 aromatic carbocycles. The van der Waals surface area contributed by atoms with Gasteiger partial charge in [-0.3, -0.25) is 9.59 Å². The number of likely N-dealkylation sites (tertiary alicyclic amines) is 1. The Balaban J connectivity index is 2.14. The summed E-state index contributed by atoms with van der Waals surface area (Å²) in [5.41, 5.74) is 2.03. The number of benzene rings is 1. The van der Waals surface area contributed by atoms with Crippen molar-refractivity contribution in [2.75, 3.05) is 40.9 Å². The summed E-state index contributed by atoms with van der Waals surface area (Å²) in [6.45, 7) is 8.37. The fourth-order valence-electron chi connectivity index (χ4n) is 4.46. The number of methoxy groups -OCH3 is 1. The number of nitrogens with zero attached hydrogens (tertiary/aromatic N) is 2. The molecular formula is C27H33N3O6. The Morgan fingerprint density at radius 2 is 1.89 bits per heavy atom. The van der Waals surface area contributed by atoms with Crippen molar-refractivity contribution in [3.8, 4) is 5.75 Å². The Morgan fingerprint density at radius 1 is 1.22 bits per heavy atom. The minimum absolute atomic E-state index is 0.0220. The maximum atomic E-state index is 13.3. The Labute approximate surface area is 211 Å². The number of aromatic nitrogens is 1. The average Bonchev–Trinajstić information content (AvgIpc) is 3.29. The monoisotopic (exact) mass is 495 g/mol. The summed E-state index contributed by atoms with van der Waals surface area (Å²) in [5.74, 6) is -1.75. The molecule has 1 amide bonds. The molecule has 0 radical (unpaired) electrons. The van der Waals surface area contributed by atoms with Gasteiger partial charge in [0.1, 0.15) is 23.8 Å². The van der Waals surface area contributed by atoms with Gasteiger partial charge in [-0.25, -0.2) is 4.79 Å². The van der Waals surface area contributed by atoms with Gasteiger partial charge in [-0.1, -0.05) is 24.8 Å². The van der Waals surface area contributed by atoms with Crippen molar-refractivity contribution in [2.45, 2.75) is 26.3 Å². The summed E-state index contributed by atoms with van der Waals surface area (Å²) in [7, 11) is 5.13. The lowest BCUT2D eigenvalue weighted by Gasteiger charge is -2.26. The molecular weight excluding hydrogens is 462 g/mol. The zero-order chi connectivity index (χ0) is 26.6. The highest BCUT2D eigenvalue weighted by Crippen LogP contribution is 2.41. The molecule has 1 aromatic heterocycles. The van der Waals surface area contributed by atoms with Crippen LogP contribution in [0.1, 0.15) is 45.3 Å². The van der Waals surface area contributed by atoms with Crippen molar-refractivity contribution in [1.29, 1.82) is 0 Å². The van der Waals surface area contributed by atoms with Gasteiger partial charge in [0.05, 0.1) is 18.7 Å². The Hall–Kier alpha value is -3.85. The first kappa shape index (κ1) is 26.7. The first-order valence-corrected chi connectivity index (χ1v) is 11.7. The van der Waals surface area contributed by atoms with Crippen LogP contribution in [0.4, 0.5) is 0 Å². The van der Waals surface area contributed by atoms with Crippen molar-refractivity contribution < 1.29 is 29.0 Å². The van der Waals surface area contributed by atoms with Crippen LogP contribution in [-0.4, -0.2) is 78.5 Å². The third-order valence-electron chi connectivity index (χ3n) is 6.17. The molecule has 0 bridgehead atoms. The van der Waals surface area contributed by atoms with Gasteiger partial charge in [0, 0.05) is 17.8 Å². The number of esters is 1. The van der Waals surface area contributed by atoms with Gasteiger partial charge < -0.3 is 29.4 Å². The first-order chi connectivity index (χ1) is 17.1. The molecule has 2 heterocycles. The van der Waals surface area contributed by atoms with Crippen LogP contribution >= 0.6 is 0 Å². The van der Waals surface area contributed by atoms with Crippen molar-refractivity contribution in [3.05, 3.63) is 70.6 Å². The van der Waals surface area contributed by atoms with E-state index in [1.54, 1.807) is 44.2 Å². The van der Waals surface area contributed by atoms with Crippen LogP contribution < -0.4 is 4.74 Å². The molecule has 1 fully saturated rings. The first-order valence-electron chi connectivity index (χ1n) is 11.7. The molecule has 1 atom stereocenters. The number of nitrogens with one attached hydrogen (secondary N) is 1. The second-order valence-corrected chi connectivity index (χ2v) is 8.93. The van der Waals surface area contributed by atoms with Crippen molar-refractivity contribution in [1.82, 2.24) is 14.8 Å². The van der Waals surface area contributed by atoms with E-state index in [0.29, 0.717) is 47.7 Å². The molecule has 1 aliphatic heterocycles. The fraction of sp³-hybridized carbons (Fsp3) is 0.370. The van der Waals surface area contributed by atoms with Crippen LogP contribution in [0.25, 0.3) is 5.76 Å². The predicted molar refractivity (Wildman–Crippen MR) is 136 cm³/mol. The topological polar surface area (TPSA) is 112 Å². The minimum atomic E-state index is -0.795. The molecule has 0 aliphatic carbocycles. The quantitative estimate of drug-likeness (QED) is 0.171. The largest absolute Gasteiger partial charge is 0.507 e. The van der Waals surface area contributed by atoms with Crippen molar-refractivity contribution >= 4 is 23.4 Å². The van der Waals surface area contributed by atoms with Gasteiger partial charge in [-0.2, -0.15) is 0 Å². The lowest BCUT2D eigenvalue weighted by molar-refractivity contribution is -0.139. The van der Waals surface area contributed by atoms with Gasteiger partial charge in [0.15, 0.2) is 0 Å². The number of aliphatic hydroxyl groups excluding tert-OH is 1. The number of aryl methyl sites for hydroxylation is 1. The van der Waals surface area contributed by atoms with Gasteiger partial charge in [0.25, 0.3) is 11.7 Å². The number of carbonyl (C=O) groups excluding carboxylic acids is 3. The van der Waals surface area contributed by atoms with E-state index in [2.05, 4.69) is 11.6 Å². The minimum Gasteiger partial charge on any atom is -0.507 e. The highest BCUT2D eigenvalue weighted by Gasteiger charge is 2.46. The molecule has 0 spiro atoms. The number of hydrogen-bond donors (Lipinski definition) is 2. The van der Waals surface area contributed by atoms with Gasteiger partial charge >= 0.3 is 5.97 Å². The number of rotatable bonds is 10. The number of H-pyrrole nitrogens is 1. The molecule has 1 unspecified atom stereocenters. The molecule has 9 nitrogen and oxygen atoms in total. The van der Waals surface area contributed by atoms with Crippen LogP contribution in [0.3, 0.4) is 0 Å². The van der Waals surface area contributed by atoms with Crippen molar-refractivity contribution in [3.63, 3.8) is 0 Å². The fourth-order valence-corrected chi connectivity index (χ4v) is 4.46. The summed E-state index contributed by atoms with van der Waals surface area (Å²) in [6, 6.07) is 6.26. The standard InChI is InChI=1S/C27H33N3O6/c1-7-15-36-19-11-9-18(10-12-19)23-21(25(32)26(33)30(23)14-8-13-29(4)5)24(31)20-16(2)22(27(34)35-6)28-17(20)3/h7,9-12,23,28,31H,1,8,13-15H2,2-6H3/b24-21+. The van der Waals surface area contributed by atoms with Crippen LogP contribution in [0.15, 0.2) is 42.5 Å². The SMILES string of the molecule is C=CCOc1ccc(C2/C(=C(\O)c3c(C)[nH]c(C(=O)OC)c3C)C(=O)C(=O)N2CCCN(C)C)cc1. The van der Waals surface area contributed by atoms with E-state index >= 15 is 0 Å². The summed E-state index contributed by atoms with van der Waals surface area (Å²) < 4.78 is 10.4. The van der Waals surface area contributed by atoms with Crippen molar-refractivity contribution in [2.24, 2.45) is 0 Å². The third-order valence-corrected chi connectivity index (χ3v) is 6.17. The summed E-state index contributed by atoms with van der Waals surface area (Å²) in [4.78, 5) is 45.0. The summed E-state index contributed by atoms with van der Waals surface area (Å²) in [5, 5.41) is 11.4. The van der Waals surface area contributed by atoms with E-state index in [1.807, 2.05) is 19.0 Å². The average molecular weight is 496 g/mol. The van der Waals surface area contributed by atoms with E-state index in [0.717, 1.165) is 6.54 Å². The lowest BCUT2D eigenvalue weighted by Crippen LogP contribution is -2.32. The number of ether oxygens (including phenoxy) is 2.